The summed E-state index contributed by atoms with van der Waals surface area (Å²) in [7, 11) is 0. The van der Waals surface area contributed by atoms with Crippen molar-refractivity contribution in [3.63, 3.8) is 0 Å². The number of nitrogens with zero attached hydrogens (tertiary/aromatic N) is 1. The molecule has 1 heterocycles. The minimum Gasteiger partial charge on any atom is -0.464 e. The molecule has 0 aliphatic carbocycles. The van der Waals surface area contributed by atoms with Crippen molar-refractivity contribution >= 4 is 23.9 Å². The zero-order valence-electron chi connectivity index (χ0n) is 8.49. The van der Waals surface area contributed by atoms with Crippen LogP contribution in [0.15, 0.2) is 24.7 Å². The lowest BCUT2D eigenvalue weighted by molar-refractivity contribution is -0.129. The fourth-order valence-corrected chi connectivity index (χ4v) is 1.82. The van der Waals surface area contributed by atoms with Crippen LogP contribution in [0.3, 0.4) is 0 Å². The Bertz CT molecular complexity index is 286. The van der Waals surface area contributed by atoms with Gasteiger partial charge in [-0.1, -0.05) is 13.2 Å². The molecule has 1 rings (SSSR count). The number of rotatable bonds is 4. The van der Waals surface area contributed by atoms with Crippen molar-refractivity contribution in [3.8, 4) is 0 Å². The lowest BCUT2D eigenvalue weighted by Crippen LogP contribution is -2.39. The molecule has 1 amide bonds. The topological polar surface area (TPSA) is 53.4 Å². The van der Waals surface area contributed by atoms with Gasteiger partial charge in [-0.25, -0.2) is 0 Å². The average molecular weight is 226 g/mol. The second kappa shape index (κ2) is 5.60. The Kier molecular flexibility index (Phi) is 4.42. The van der Waals surface area contributed by atoms with Gasteiger partial charge in [0, 0.05) is 12.0 Å². The highest BCUT2D eigenvalue weighted by Gasteiger charge is 2.21. The first-order valence-electron chi connectivity index (χ1n) is 4.51. The quantitative estimate of drug-likeness (QED) is 0.580. The Labute approximate surface area is 93.5 Å². The fraction of sp³-hybridized carbons (Fsp3) is 0.400. The maximum Gasteiger partial charge on any atom is 0.233 e. The Morgan fingerprint density at radius 3 is 2.67 bits per heavy atom. The van der Waals surface area contributed by atoms with Crippen LogP contribution in [0.5, 0.6) is 0 Å². The molecule has 0 aromatic rings. The summed E-state index contributed by atoms with van der Waals surface area (Å²) in [5.74, 6) is 2.09. The molecule has 1 aliphatic heterocycles. The molecule has 15 heavy (non-hydrogen) atoms. The number of amides is 1. The van der Waals surface area contributed by atoms with Crippen LogP contribution in [0.4, 0.5) is 0 Å². The SMILES string of the molecule is C=C1CN(C(=O)CSCC=N)CC(=C)O1. The number of carbonyl (C=O) groups is 1. The standard InChI is InChI=1S/C10H14N2O2S/c1-8-5-12(6-9(2)14-8)10(13)7-15-4-3-11/h3,11H,1-2,4-7H2. The number of hydrogen-bond acceptors (Lipinski definition) is 4. The predicted octanol–water partition coefficient (Wildman–Crippen LogP) is 1.26. The van der Waals surface area contributed by atoms with Crippen molar-refractivity contribution in [2.24, 2.45) is 0 Å². The molecule has 0 aromatic heterocycles. The van der Waals surface area contributed by atoms with Gasteiger partial charge in [-0.05, 0) is 0 Å². The van der Waals surface area contributed by atoms with Gasteiger partial charge in [-0.2, -0.15) is 0 Å². The fourth-order valence-electron chi connectivity index (χ4n) is 1.22. The van der Waals surface area contributed by atoms with Crippen LogP contribution in [0, 0.1) is 5.41 Å². The minimum atomic E-state index is 0.0347. The number of morpholine rings is 1. The Morgan fingerprint density at radius 2 is 2.13 bits per heavy atom. The monoisotopic (exact) mass is 226 g/mol. The molecule has 0 spiro atoms. The van der Waals surface area contributed by atoms with E-state index in [1.54, 1.807) is 4.90 Å². The van der Waals surface area contributed by atoms with Gasteiger partial charge in [0.1, 0.15) is 11.5 Å². The van der Waals surface area contributed by atoms with E-state index in [1.807, 2.05) is 0 Å². The molecule has 1 aliphatic rings. The van der Waals surface area contributed by atoms with E-state index in [9.17, 15) is 4.79 Å². The highest BCUT2D eigenvalue weighted by Crippen LogP contribution is 2.15. The Balaban J connectivity index is 2.41. The summed E-state index contributed by atoms with van der Waals surface area (Å²) in [4.78, 5) is 13.3. The summed E-state index contributed by atoms with van der Waals surface area (Å²) in [5.41, 5.74) is 0. The van der Waals surface area contributed by atoms with Gasteiger partial charge in [0.25, 0.3) is 0 Å². The lowest BCUT2D eigenvalue weighted by Gasteiger charge is -2.29. The lowest BCUT2D eigenvalue weighted by atomic mass is 10.3. The molecular formula is C10H14N2O2S. The molecule has 4 nitrogen and oxygen atoms in total. The van der Waals surface area contributed by atoms with Crippen LogP contribution >= 0.6 is 11.8 Å². The zero-order valence-corrected chi connectivity index (χ0v) is 9.31. The van der Waals surface area contributed by atoms with E-state index < -0.39 is 0 Å². The number of hydrogen-bond donors (Lipinski definition) is 1. The van der Waals surface area contributed by atoms with Crippen molar-refractivity contribution in [3.05, 3.63) is 24.7 Å². The molecule has 0 unspecified atom stereocenters. The smallest absolute Gasteiger partial charge is 0.233 e. The van der Waals surface area contributed by atoms with Gasteiger partial charge in [-0.15, -0.1) is 11.8 Å². The highest BCUT2D eigenvalue weighted by atomic mass is 32.2. The average Bonchev–Trinajstić information content (AvgIpc) is 2.16. The van der Waals surface area contributed by atoms with Crippen molar-refractivity contribution < 1.29 is 9.53 Å². The second-order valence-corrected chi connectivity index (χ2v) is 4.18. The third kappa shape index (κ3) is 3.79. The van der Waals surface area contributed by atoms with E-state index in [1.165, 1.54) is 18.0 Å². The van der Waals surface area contributed by atoms with Crippen molar-refractivity contribution in [1.82, 2.24) is 4.90 Å². The number of carbonyl (C=O) groups excluding carboxylic acids is 1. The van der Waals surface area contributed by atoms with Gasteiger partial charge in [-0.3, -0.25) is 4.79 Å². The largest absolute Gasteiger partial charge is 0.464 e. The van der Waals surface area contributed by atoms with Gasteiger partial charge in [0.15, 0.2) is 0 Å². The van der Waals surface area contributed by atoms with Gasteiger partial charge < -0.3 is 15.0 Å². The van der Waals surface area contributed by atoms with Crippen LogP contribution in [0.1, 0.15) is 0 Å². The molecule has 0 saturated carbocycles. The minimum absolute atomic E-state index is 0.0347. The van der Waals surface area contributed by atoms with Gasteiger partial charge in [0.2, 0.25) is 5.91 Å². The summed E-state index contributed by atoms with van der Waals surface area (Å²) in [6.45, 7) is 8.21. The molecule has 1 fully saturated rings. The second-order valence-electron chi connectivity index (χ2n) is 3.15. The summed E-state index contributed by atoms with van der Waals surface area (Å²) in [6.07, 6.45) is 1.29. The Hall–Kier alpha value is -1.23. The summed E-state index contributed by atoms with van der Waals surface area (Å²) < 4.78 is 5.17. The molecule has 5 heteroatoms. The van der Waals surface area contributed by atoms with Crippen LogP contribution < -0.4 is 0 Å². The van der Waals surface area contributed by atoms with Gasteiger partial charge in [0.05, 0.1) is 18.8 Å². The van der Waals surface area contributed by atoms with Gasteiger partial charge >= 0.3 is 0 Å². The molecule has 0 bridgehead atoms. The van der Waals surface area contributed by atoms with Crippen LogP contribution in [-0.2, 0) is 9.53 Å². The third-order valence-corrected chi connectivity index (χ3v) is 2.66. The van der Waals surface area contributed by atoms with E-state index in [0.717, 1.165) is 0 Å². The Morgan fingerprint density at radius 1 is 1.53 bits per heavy atom. The van der Waals surface area contributed by atoms with E-state index >= 15 is 0 Å². The molecule has 0 aromatic carbocycles. The first-order valence-corrected chi connectivity index (χ1v) is 5.67. The third-order valence-electron chi connectivity index (χ3n) is 1.80. The molecule has 82 valence electrons. The first-order chi connectivity index (χ1) is 7.13. The molecular weight excluding hydrogens is 212 g/mol. The van der Waals surface area contributed by atoms with E-state index in [-0.39, 0.29) is 5.91 Å². The number of nitrogens with one attached hydrogen (secondary N) is 1. The van der Waals surface area contributed by atoms with E-state index in [4.69, 9.17) is 10.1 Å². The molecule has 1 N–H and O–H groups in total. The molecule has 0 radical (unpaired) electrons. The maximum absolute atomic E-state index is 11.7. The van der Waals surface area contributed by atoms with E-state index in [0.29, 0.717) is 36.1 Å². The van der Waals surface area contributed by atoms with Crippen LogP contribution in [0.2, 0.25) is 0 Å². The summed E-state index contributed by atoms with van der Waals surface area (Å²) in [5, 5.41) is 6.84. The predicted molar refractivity (Wildman–Crippen MR) is 62.1 cm³/mol. The molecule has 0 atom stereocenters. The van der Waals surface area contributed by atoms with Crippen LogP contribution in [0.25, 0.3) is 0 Å². The number of ether oxygens (including phenoxy) is 1. The maximum atomic E-state index is 11.7. The van der Waals surface area contributed by atoms with Crippen molar-refractivity contribution in [2.75, 3.05) is 24.6 Å². The first kappa shape index (κ1) is 11.8. The van der Waals surface area contributed by atoms with Crippen molar-refractivity contribution in [1.29, 1.82) is 5.41 Å². The highest BCUT2D eigenvalue weighted by molar-refractivity contribution is 8.00. The van der Waals surface area contributed by atoms with Crippen LogP contribution in [-0.4, -0.2) is 41.6 Å². The van der Waals surface area contributed by atoms with E-state index in [2.05, 4.69) is 13.2 Å². The van der Waals surface area contributed by atoms with Crippen molar-refractivity contribution in [2.45, 2.75) is 0 Å². The zero-order chi connectivity index (χ0) is 11.3. The summed E-state index contributed by atoms with van der Waals surface area (Å²) >= 11 is 1.42. The number of thioether (sulfide) groups is 1. The normalized spacial score (nSPS) is 16.1. The molecule has 1 saturated heterocycles. The summed E-state index contributed by atoms with van der Waals surface area (Å²) in [6, 6.07) is 0.